The summed E-state index contributed by atoms with van der Waals surface area (Å²) >= 11 is 1.38. The second-order valence-corrected chi connectivity index (χ2v) is 6.20. The number of thiophene rings is 1. The normalized spacial score (nSPS) is 22.8. The van der Waals surface area contributed by atoms with Crippen LogP contribution >= 0.6 is 11.3 Å². The Morgan fingerprint density at radius 3 is 2.60 bits per heavy atom. The van der Waals surface area contributed by atoms with Gasteiger partial charge in [-0.25, -0.2) is 0 Å². The summed E-state index contributed by atoms with van der Waals surface area (Å²) in [5.74, 6) is -0.246. The maximum absolute atomic E-state index is 12.0. The lowest BCUT2D eigenvalue weighted by atomic mass is 10.2. The lowest BCUT2D eigenvalue weighted by Gasteiger charge is -2.13. The van der Waals surface area contributed by atoms with Gasteiger partial charge in [0.1, 0.15) is 11.1 Å². The first-order valence-electron chi connectivity index (χ1n) is 6.30. The summed E-state index contributed by atoms with van der Waals surface area (Å²) in [6.45, 7) is 4.41. The summed E-state index contributed by atoms with van der Waals surface area (Å²) in [5, 5.41) is 31.3. The van der Waals surface area contributed by atoms with Crippen LogP contribution in [0.25, 0.3) is 0 Å². The summed E-state index contributed by atoms with van der Waals surface area (Å²) in [6.07, 6.45) is -1.60. The van der Waals surface area contributed by atoms with E-state index in [9.17, 15) is 15.0 Å². The van der Waals surface area contributed by atoms with Gasteiger partial charge in [0.25, 0.3) is 0 Å². The van der Waals surface area contributed by atoms with Gasteiger partial charge in [0.05, 0.1) is 24.3 Å². The molecule has 1 aromatic rings. The first-order valence-corrected chi connectivity index (χ1v) is 7.12. The third-order valence-corrected chi connectivity index (χ3v) is 4.57. The molecule has 6 nitrogen and oxygen atoms in total. The molecule has 0 saturated carbocycles. The number of carbonyl (C=O) groups is 1. The minimum atomic E-state index is -0.802. The average molecular weight is 295 g/mol. The van der Waals surface area contributed by atoms with Crippen LogP contribution in [0.15, 0.2) is 0 Å². The van der Waals surface area contributed by atoms with Crippen molar-refractivity contribution in [3.63, 3.8) is 0 Å². The Morgan fingerprint density at radius 1 is 1.45 bits per heavy atom. The van der Waals surface area contributed by atoms with E-state index in [1.807, 2.05) is 13.8 Å². The van der Waals surface area contributed by atoms with Gasteiger partial charge in [-0.15, -0.1) is 11.3 Å². The Balaban J connectivity index is 1.99. The number of β-amino-alcohol motifs (C(OH)–C–C–N with tert-alkyl or cyclic N) is 2. The molecule has 2 rings (SSSR count). The minimum Gasteiger partial charge on any atom is -0.389 e. The fourth-order valence-corrected chi connectivity index (χ4v) is 3.22. The Labute approximate surface area is 121 Å². The number of aliphatic hydroxyl groups is 2. The van der Waals surface area contributed by atoms with Crippen LogP contribution in [-0.2, 0) is 4.79 Å². The average Bonchev–Trinajstić information content (AvgIpc) is 2.80. The molecule has 2 unspecified atom stereocenters. The Hall–Kier alpha value is -1.46. The van der Waals surface area contributed by atoms with E-state index in [-0.39, 0.29) is 25.5 Å². The first-order chi connectivity index (χ1) is 9.42. The molecule has 3 N–H and O–H groups in total. The largest absolute Gasteiger partial charge is 0.389 e. The SMILES string of the molecule is Cc1sc(NC(=O)CN2CC(O)C(O)C2)c(C#N)c1C. The van der Waals surface area contributed by atoms with Gasteiger partial charge in [-0.1, -0.05) is 0 Å². The van der Waals surface area contributed by atoms with Gasteiger partial charge in [-0.2, -0.15) is 5.26 Å². The summed E-state index contributed by atoms with van der Waals surface area (Å²) in [5.41, 5.74) is 1.39. The van der Waals surface area contributed by atoms with Crippen molar-refractivity contribution in [3.8, 4) is 6.07 Å². The Bertz CT molecular complexity index is 554. The van der Waals surface area contributed by atoms with Crippen LogP contribution in [0.4, 0.5) is 5.00 Å². The zero-order chi connectivity index (χ0) is 14.9. The van der Waals surface area contributed by atoms with Crippen molar-refractivity contribution in [3.05, 3.63) is 16.0 Å². The Kier molecular flexibility index (Phi) is 4.40. The van der Waals surface area contributed by atoms with Crippen molar-refractivity contribution in [2.45, 2.75) is 26.1 Å². The number of carbonyl (C=O) groups excluding carboxylic acids is 1. The highest BCUT2D eigenvalue weighted by Crippen LogP contribution is 2.31. The third kappa shape index (κ3) is 2.99. The van der Waals surface area contributed by atoms with Gasteiger partial charge in [-0.3, -0.25) is 9.69 Å². The van der Waals surface area contributed by atoms with Crippen molar-refractivity contribution >= 4 is 22.2 Å². The molecule has 0 aliphatic carbocycles. The molecule has 0 radical (unpaired) electrons. The number of nitrogens with one attached hydrogen (secondary N) is 1. The third-order valence-electron chi connectivity index (χ3n) is 3.45. The molecule has 108 valence electrons. The predicted molar refractivity (Wildman–Crippen MR) is 75.6 cm³/mol. The molecule has 1 aliphatic rings. The van der Waals surface area contributed by atoms with Gasteiger partial charge < -0.3 is 15.5 Å². The van der Waals surface area contributed by atoms with Crippen LogP contribution in [0.2, 0.25) is 0 Å². The van der Waals surface area contributed by atoms with Crippen LogP contribution in [-0.4, -0.2) is 52.9 Å². The van der Waals surface area contributed by atoms with Crippen molar-refractivity contribution in [2.24, 2.45) is 0 Å². The second-order valence-electron chi connectivity index (χ2n) is 4.98. The van der Waals surface area contributed by atoms with Gasteiger partial charge >= 0.3 is 0 Å². The van der Waals surface area contributed by atoms with Crippen LogP contribution < -0.4 is 5.32 Å². The molecule has 1 saturated heterocycles. The van der Waals surface area contributed by atoms with Crippen molar-refractivity contribution in [1.82, 2.24) is 4.90 Å². The molecular formula is C13H17N3O3S. The molecule has 1 fully saturated rings. The van der Waals surface area contributed by atoms with E-state index in [0.29, 0.717) is 10.6 Å². The monoisotopic (exact) mass is 295 g/mol. The van der Waals surface area contributed by atoms with E-state index in [0.717, 1.165) is 10.4 Å². The number of rotatable bonds is 3. The number of nitriles is 1. The zero-order valence-corrected chi connectivity index (χ0v) is 12.2. The second kappa shape index (κ2) is 5.89. The van der Waals surface area contributed by atoms with Crippen LogP contribution in [0, 0.1) is 25.2 Å². The molecule has 2 heterocycles. The number of anilines is 1. The standard InChI is InChI=1S/C13H17N3O3S/c1-7-8(2)20-13(9(7)3-14)15-12(19)6-16-4-10(17)11(18)5-16/h10-11,17-18H,4-6H2,1-2H3,(H,15,19). The molecule has 1 aliphatic heterocycles. The highest BCUT2D eigenvalue weighted by atomic mass is 32.1. The number of nitrogens with zero attached hydrogens (tertiary/aromatic N) is 2. The number of aryl methyl sites for hydroxylation is 1. The van der Waals surface area contributed by atoms with Gasteiger partial charge in [-0.05, 0) is 19.4 Å². The molecule has 0 spiro atoms. The predicted octanol–water partition coefficient (Wildman–Crippen LogP) is 0.213. The van der Waals surface area contributed by atoms with Crippen LogP contribution in [0.5, 0.6) is 0 Å². The molecule has 1 aromatic heterocycles. The van der Waals surface area contributed by atoms with E-state index in [2.05, 4.69) is 11.4 Å². The topological polar surface area (TPSA) is 96.6 Å². The van der Waals surface area contributed by atoms with Crippen LogP contribution in [0.1, 0.15) is 16.0 Å². The van der Waals surface area contributed by atoms with Crippen molar-refractivity contribution in [2.75, 3.05) is 25.0 Å². The molecule has 2 atom stereocenters. The molecule has 0 aromatic carbocycles. The summed E-state index contributed by atoms with van der Waals surface area (Å²) in [7, 11) is 0. The maximum Gasteiger partial charge on any atom is 0.239 e. The molecule has 0 bridgehead atoms. The highest BCUT2D eigenvalue weighted by molar-refractivity contribution is 7.16. The molecular weight excluding hydrogens is 278 g/mol. The van der Waals surface area contributed by atoms with Gasteiger partial charge in [0.15, 0.2) is 0 Å². The van der Waals surface area contributed by atoms with Crippen molar-refractivity contribution in [1.29, 1.82) is 5.26 Å². The number of aliphatic hydroxyl groups excluding tert-OH is 2. The highest BCUT2D eigenvalue weighted by Gasteiger charge is 2.30. The van der Waals surface area contributed by atoms with Crippen LogP contribution in [0.3, 0.4) is 0 Å². The van der Waals surface area contributed by atoms with Gasteiger partial charge in [0, 0.05) is 18.0 Å². The summed E-state index contributed by atoms with van der Waals surface area (Å²) in [4.78, 5) is 14.6. The quantitative estimate of drug-likeness (QED) is 0.741. The summed E-state index contributed by atoms with van der Waals surface area (Å²) < 4.78 is 0. The van der Waals surface area contributed by atoms with E-state index >= 15 is 0 Å². The summed E-state index contributed by atoms with van der Waals surface area (Å²) in [6, 6.07) is 2.10. The zero-order valence-electron chi connectivity index (χ0n) is 11.4. The number of hydrogen-bond acceptors (Lipinski definition) is 6. The number of amides is 1. The van der Waals surface area contributed by atoms with E-state index in [1.165, 1.54) is 11.3 Å². The first kappa shape index (κ1) is 14.9. The molecule has 20 heavy (non-hydrogen) atoms. The van der Waals surface area contributed by atoms with E-state index < -0.39 is 12.2 Å². The lowest BCUT2D eigenvalue weighted by molar-refractivity contribution is -0.117. The van der Waals surface area contributed by atoms with Crippen molar-refractivity contribution < 1.29 is 15.0 Å². The van der Waals surface area contributed by atoms with E-state index in [1.54, 1.807) is 4.90 Å². The fourth-order valence-electron chi connectivity index (χ4n) is 2.19. The van der Waals surface area contributed by atoms with E-state index in [4.69, 9.17) is 5.26 Å². The Morgan fingerprint density at radius 2 is 2.05 bits per heavy atom. The number of likely N-dealkylation sites (tertiary alicyclic amines) is 1. The fraction of sp³-hybridized carbons (Fsp3) is 0.538. The molecule has 7 heteroatoms. The van der Waals surface area contributed by atoms with Gasteiger partial charge in [0.2, 0.25) is 5.91 Å². The molecule has 1 amide bonds. The smallest absolute Gasteiger partial charge is 0.239 e. The maximum atomic E-state index is 12.0. The number of hydrogen-bond donors (Lipinski definition) is 3. The minimum absolute atomic E-state index is 0.0922. The lowest BCUT2D eigenvalue weighted by Crippen LogP contribution is -2.32.